The Bertz CT molecular complexity index is 340. The van der Waals surface area contributed by atoms with Crippen LogP contribution in [0.2, 0.25) is 0 Å². The molecule has 0 amide bonds. The number of ketones is 2. The largest absolute Gasteiger partial charge is 0.399 e. The number of anilines is 1. The fourth-order valence-electron chi connectivity index (χ4n) is 0.912. The van der Waals surface area contributed by atoms with Crippen molar-refractivity contribution in [2.45, 2.75) is 13.8 Å². The van der Waals surface area contributed by atoms with Gasteiger partial charge in [-0.3, -0.25) is 9.59 Å². The predicted octanol–water partition coefficient (Wildman–Crippen LogP) is 1.07. The zero-order chi connectivity index (χ0) is 10.0. The van der Waals surface area contributed by atoms with Crippen LogP contribution in [0.5, 0.6) is 0 Å². The maximum atomic E-state index is 10.9. The van der Waals surface area contributed by atoms with Crippen molar-refractivity contribution >= 4 is 17.3 Å². The molecule has 0 aliphatic rings. The van der Waals surface area contributed by atoms with Gasteiger partial charge in [-0.1, -0.05) is 0 Å². The van der Waals surface area contributed by atoms with E-state index >= 15 is 0 Å². The summed E-state index contributed by atoms with van der Waals surface area (Å²) in [6.45, 7) is 2.76. The Morgan fingerprint density at radius 1 is 1.15 bits per heavy atom. The fraction of sp³-hybridized carbons (Fsp3) is 0.222. The summed E-state index contributed by atoms with van der Waals surface area (Å²) >= 11 is 0. The highest BCUT2D eigenvalue weighted by atomic mass is 16.1. The third-order valence-electron chi connectivity index (χ3n) is 1.57. The molecule has 0 saturated carbocycles. The molecule has 0 saturated heterocycles. The predicted molar refractivity (Wildman–Crippen MR) is 48.7 cm³/mol. The number of nitrogens with two attached hydrogens (primary N) is 1. The first-order chi connectivity index (χ1) is 6.00. The van der Waals surface area contributed by atoms with Crippen LogP contribution in [0.1, 0.15) is 34.8 Å². The van der Waals surface area contributed by atoms with E-state index < -0.39 is 0 Å². The Kier molecular flexibility index (Phi) is 2.41. The lowest BCUT2D eigenvalue weighted by atomic mass is 10.2. The molecule has 0 bridgehead atoms. The van der Waals surface area contributed by atoms with Gasteiger partial charge in [0, 0.05) is 19.5 Å². The minimum atomic E-state index is -0.199. The first-order valence-electron chi connectivity index (χ1n) is 3.80. The van der Waals surface area contributed by atoms with Gasteiger partial charge in [0.05, 0.1) is 0 Å². The SMILES string of the molecule is CC(=O)c1cc(N)cc(C(C)=O)n1. The molecule has 0 fully saturated rings. The van der Waals surface area contributed by atoms with Crippen molar-refractivity contribution in [3.8, 4) is 0 Å². The molecule has 0 unspecified atom stereocenters. The van der Waals surface area contributed by atoms with Crippen LogP contribution in [-0.4, -0.2) is 16.6 Å². The smallest absolute Gasteiger partial charge is 0.178 e. The Hall–Kier alpha value is -1.71. The molecule has 0 aromatic carbocycles. The first-order valence-corrected chi connectivity index (χ1v) is 3.80. The summed E-state index contributed by atoms with van der Waals surface area (Å²) in [7, 11) is 0. The molecule has 4 nitrogen and oxygen atoms in total. The van der Waals surface area contributed by atoms with E-state index in [1.54, 1.807) is 0 Å². The van der Waals surface area contributed by atoms with E-state index in [0.717, 1.165) is 0 Å². The van der Waals surface area contributed by atoms with E-state index in [2.05, 4.69) is 4.98 Å². The summed E-state index contributed by atoms with van der Waals surface area (Å²) in [5.74, 6) is -0.399. The number of carbonyl (C=O) groups excluding carboxylic acids is 2. The summed E-state index contributed by atoms with van der Waals surface area (Å²) in [6, 6.07) is 2.91. The van der Waals surface area contributed by atoms with Crippen molar-refractivity contribution in [3.05, 3.63) is 23.5 Å². The van der Waals surface area contributed by atoms with Crippen molar-refractivity contribution in [3.63, 3.8) is 0 Å². The van der Waals surface area contributed by atoms with Gasteiger partial charge in [-0.05, 0) is 12.1 Å². The molecule has 0 spiro atoms. The third kappa shape index (κ3) is 2.11. The van der Waals surface area contributed by atoms with E-state index in [-0.39, 0.29) is 23.0 Å². The van der Waals surface area contributed by atoms with Gasteiger partial charge < -0.3 is 5.73 Å². The average Bonchev–Trinajstić information content (AvgIpc) is 2.03. The standard InChI is InChI=1S/C9H10N2O2/c1-5(12)8-3-7(10)4-9(11-8)6(2)13/h3-4H,1-2H3,(H2,10,11). The lowest BCUT2D eigenvalue weighted by Crippen LogP contribution is -2.05. The molecule has 1 rings (SSSR count). The monoisotopic (exact) mass is 178 g/mol. The second kappa shape index (κ2) is 3.35. The number of nitrogen functional groups attached to an aromatic ring is 1. The molecule has 0 atom stereocenters. The topological polar surface area (TPSA) is 73.1 Å². The molecule has 4 heteroatoms. The summed E-state index contributed by atoms with van der Waals surface area (Å²) in [6.07, 6.45) is 0. The number of Topliss-reactive ketones (excluding diaryl/α,β-unsaturated/α-hetero) is 2. The lowest BCUT2D eigenvalue weighted by molar-refractivity contribution is 0.101. The molecular formula is C9H10N2O2. The number of hydrogen-bond acceptors (Lipinski definition) is 4. The van der Waals surface area contributed by atoms with Crippen LogP contribution in [0, 0.1) is 0 Å². The van der Waals surface area contributed by atoms with E-state index in [4.69, 9.17) is 5.73 Å². The highest BCUT2D eigenvalue weighted by Gasteiger charge is 2.07. The molecule has 13 heavy (non-hydrogen) atoms. The van der Waals surface area contributed by atoms with E-state index in [1.165, 1.54) is 26.0 Å². The normalized spacial score (nSPS) is 9.69. The van der Waals surface area contributed by atoms with Gasteiger partial charge in [-0.25, -0.2) is 4.98 Å². The van der Waals surface area contributed by atoms with Crippen molar-refractivity contribution in [1.29, 1.82) is 0 Å². The molecule has 1 aromatic rings. The second-order valence-corrected chi connectivity index (χ2v) is 2.78. The zero-order valence-corrected chi connectivity index (χ0v) is 7.50. The van der Waals surface area contributed by atoms with E-state index in [9.17, 15) is 9.59 Å². The van der Waals surface area contributed by atoms with Gasteiger partial charge in [0.2, 0.25) is 0 Å². The molecule has 1 aromatic heterocycles. The van der Waals surface area contributed by atoms with E-state index in [0.29, 0.717) is 5.69 Å². The Labute approximate surface area is 75.8 Å². The van der Waals surface area contributed by atoms with Gasteiger partial charge >= 0.3 is 0 Å². The fourth-order valence-corrected chi connectivity index (χ4v) is 0.912. The zero-order valence-electron chi connectivity index (χ0n) is 7.50. The highest BCUT2D eigenvalue weighted by molar-refractivity contribution is 5.97. The molecule has 0 aliphatic heterocycles. The van der Waals surface area contributed by atoms with Crippen LogP contribution in [0.3, 0.4) is 0 Å². The highest BCUT2D eigenvalue weighted by Crippen LogP contribution is 2.08. The van der Waals surface area contributed by atoms with Crippen LogP contribution < -0.4 is 5.73 Å². The maximum absolute atomic E-state index is 10.9. The maximum Gasteiger partial charge on any atom is 0.178 e. The molecule has 0 radical (unpaired) electrons. The average molecular weight is 178 g/mol. The quantitative estimate of drug-likeness (QED) is 0.687. The number of nitrogens with zero attached hydrogens (tertiary/aromatic N) is 1. The van der Waals surface area contributed by atoms with Crippen LogP contribution in [0.4, 0.5) is 5.69 Å². The van der Waals surface area contributed by atoms with Gasteiger partial charge in [0.25, 0.3) is 0 Å². The van der Waals surface area contributed by atoms with Gasteiger partial charge in [0.15, 0.2) is 11.6 Å². The second-order valence-electron chi connectivity index (χ2n) is 2.78. The Morgan fingerprint density at radius 2 is 1.54 bits per heavy atom. The first kappa shape index (κ1) is 9.38. The Morgan fingerprint density at radius 3 is 1.85 bits per heavy atom. The lowest BCUT2D eigenvalue weighted by Gasteiger charge is -2.00. The van der Waals surface area contributed by atoms with Crippen LogP contribution in [0.15, 0.2) is 12.1 Å². The number of aromatic nitrogens is 1. The van der Waals surface area contributed by atoms with Crippen molar-refractivity contribution in [1.82, 2.24) is 4.98 Å². The van der Waals surface area contributed by atoms with Crippen molar-refractivity contribution in [2.75, 3.05) is 5.73 Å². The molecule has 0 aliphatic carbocycles. The summed E-state index contributed by atoms with van der Waals surface area (Å²) in [5.41, 5.74) is 6.32. The van der Waals surface area contributed by atoms with E-state index in [1.807, 2.05) is 0 Å². The van der Waals surface area contributed by atoms with Gasteiger partial charge in [0.1, 0.15) is 11.4 Å². The summed E-state index contributed by atoms with van der Waals surface area (Å²) in [5, 5.41) is 0. The third-order valence-corrected chi connectivity index (χ3v) is 1.57. The molecular weight excluding hydrogens is 168 g/mol. The molecule has 68 valence electrons. The minimum Gasteiger partial charge on any atom is -0.399 e. The van der Waals surface area contributed by atoms with Gasteiger partial charge in [-0.2, -0.15) is 0 Å². The van der Waals surface area contributed by atoms with Crippen molar-refractivity contribution < 1.29 is 9.59 Å². The number of carbonyl (C=O) groups is 2. The number of rotatable bonds is 2. The Balaban J connectivity index is 3.26. The van der Waals surface area contributed by atoms with Crippen LogP contribution >= 0.6 is 0 Å². The summed E-state index contributed by atoms with van der Waals surface area (Å²) < 4.78 is 0. The minimum absolute atomic E-state index is 0.199. The van der Waals surface area contributed by atoms with Crippen LogP contribution in [-0.2, 0) is 0 Å². The van der Waals surface area contributed by atoms with Crippen molar-refractivity contribution in [2.24, 2.45) is 0 Å². The number of pyridine rings is 1. The summed E-state index contributed by atoms with van der Waals surface area (Å²) in [4.78, 5) is 25.7. The number of hydrogen-bond donors (Lipinski definition) is 1. The van der Waals surface area contributed by atoms with Crippen LogP contribution in [0.25, 0.3) is 0 Å². The molecule has 1 heterocycles. The molecule has 2 N–H and O–H groups in total. The van der Waals surface area contributed by atoms with Gasteiger partial charge in [-0.15, -0.1) is 0 Å².